The summed E-state index contributed by atoms with van der Waals surface area (Å²) in [7, 11) is 2.16. The molecular formula is C14H20N2S. The fourth-order valence-corrected chi connectivity index (χ4v) is 3.44. The topological polar surface area (TPSA) is 27.0 Å². The summed E-state index contributed by atoms with van der Waals surface area (Å²) < 4.78 is 0. The van der Waals surface area contributed by atoms with E-state index in [-0.39, 0.29) is 5.92 Å². The molecule has 3 unspecified atom stereocenters. The first-order valence-corrected chi connectivity index (χ1v) is 7.26. The van der Waals surface area contributed by atoms with Crippen LogP contribution in [0.3, 0.4) is 0 Å². The monoisotopic (exact) mass is 248 g/mol. The van der Waals surface area contributed by atoms with Crippen LogP contribution in [0, 0.1) is 23.2 Å². The Bertz CT molecular complexity index is 379. The lowest BCUT2D eigenvalue weighted by molar-refractivity contribution is 0.125. The van der Waals surface area contributed by atoms with Gasteiger partial charge in [0.2, 0.25) is 0 Å². The van der Waals surface area contributed by atoms with Crippen LogP contribution in [0.25, 0.3) is 0 Å². The minimum absolute atomic E-state index is 0.217. The number of nitriles is 1. The summed E-state index contributed by atoms with van der Waals surface area (Å²) in [5.41, 5.74) is 1.37. The SMILES string of the molecule is CC1CCC(C#N)C(N(C)Cc2ccsc2)C1. The Kier molecular flexibility index (Phi) is 4.20. The van der Waals surface area contributed by atoms with E-state index < -0.39 is 0 Å². The van der Waals surface area contributed by atoms with Crippen molar-refractivity contribution >= 4 is 11.3 Å². The maximum Gasteiger partial charge on any atom is 0.0672 e. The largest absolute Gasteiger partial charge is 0.298 e. The van der Waals surface area contributed by atoms with Crippen molar-refractivity contribution in [3.8, 4) is 6.07 Å². The Morgan fingerprint density at radius 2 is 2.35 bits per heavy atom. The molecule has 0 spiro atoms. The predicted octanol–water partition coefficient (Wildman–Crippen LogP) is 3.51. The fourth-order valence-electron chi connectivity index (χ4n) is 2.78. The minimum atomic E-state index is 0.217. The normalized spacial score (nSPS) is 29.2. The lowest BCUT2D eigenvalue weighted by atomic mass is 9.79. The van der Waals surface area contributed by atoms with Crippen LogP contribution >= 0.6 is 11.3 Å². The number of rotatable bonds is 3. The van der Waals surface area contributed by atoms with Crippen molar-refractivity contribution < 1.29 is 0 Å². The number of thiophene rings is 1. The highest BCUT2D eigenvalue weighted by atomic mass is 32.1. The van der Waals surface area contributed by atoms with Gasteiger partial charge >= 0.3 is 0 Å². The van der Waals surface area contributed by atoms with Crippen LogP contribution < -0.4 is 0 Å². The Balaban J connectivity index is 2.01. The molecule has 1 fully saturated rings. The minimum Gasteiger partial charge on any atom is -0.298 e. The molecule has 1 aliphatic rings. The quantitative estimate of drug-likeness (QED) is 0.818. The zero-order chi connectivity index (χ0) is 12.3. The third-order valence-corrected chi connectivity index (χ3v) is 4.55. The molecule has 0 amide bonds. The van der Waals surface area contributed by atoms with Gasteiger partial charge in [0.25, 0.3) is 0 Å². The van der Waals surface area contributed by atoms with E-state index >= 15 is 0 Å². The van der Waals surface area contributed by atoms with Crippen LogP contribution in [0.4, 0.5) is 0 Å². The summed E-state index contributed by atoms with van der Waals surface area (Å²) in [4.78, 5) is 2.37. The van der Waals surface area contributed by atoms with Crippen LogP contribution in [0.15, 0.2) is 16.8 Å². The van der Waals surface area contributed by atoms with Crippen LogP contribution in [0.1, 0.15) is 31.7 Å². The third kappa shape index (κ3) is 3.08. The molecule has 92 valence electrons. The number of hydrogen-bond acceptors (Lipinski definition) is 3. The van der Waals surface area contributed by atoms with Gasteiger partial charge in [-0.1, -0.05) is 6.92 Å². The summed E-state index contributed by atoms with van der Waals surface area (Å²) in [6.07, 6.45) is 3.44. The summed E-state index contributed by atoms with van der Waals surface area (Å²) in [5, 5.41) is 13.6. The molecule has 1 aromatic heterocycles. The number of hydrogen-bond donors (Lipinski definition) is 0. The van der Waals surface area contributed by atoms with Crippen LogP contribution in [0.5, 0.6) is 0 Å². The first kappa shape index (κ1) is 12.6. The molecular weight excluding hydrogens is 228 g/mol. The van der Waals surface area contributed by atoms with Crippen molar-refractivity contribution in [2.75, 3.05) is 7.05 Å². The van der Waals surface area contributed by atoms with E-state index in [1.54, 1.807) is 11.3 Å². The van der Waals surface area contributed by atoms with Crippen molar-refractivity contribution in [2.45, 2.75) is 38.8 Å². The fraction of sp³-hybridized carbons (Fsp3) is 0.643. The van der Waals surface area contributed by atoms with Gasteiger partial charge in [0, 0.05) is 12.6 Å². The van der Waals surface area contributed by atoms with Gasteiger partial charge < -0.3 is 0 Å². The first-order chi connectivity index (χ1) is 8.20. The standard InChI is InChI=1S/C14H20N2S/c1-11-3-4-13(8-15)14(7-11)16(2)9-12-5-6-17-10-12/h5-6,10-11,13-14H,3-4,7,9H2,1-2H3. The molecule has 1 aromatic rings. The molecule has 0 N–H and O–H groups in total. The Morgan fingerprint density at radius 3 is 3.00 bits per heavy atom. The molecule has 0 aromatic carbocycles. The van der Waals surface area contributed by atoms with Gasteiger partial charge in [0.1, 0.15) is 0 Å². The molecule has 2 nitrogen and oxygen atoms in total. The van der Waals surface area contributed by atoms with Crippen LogP contribution in [-0.4, -0.2) is 18.0 Å². The van der Waals surface area contributed by atoms with E-state index in [1.807, 2.05) is 0 Å². The third-order valence-electron chi connectivity index (χ3n) is 3.82. The molecule has 2 rings (SSSR count). The van der Waals surface area contributed by atoms with Crippen molar-refractivity contribution in [1.29, 1.82) is 5.26 Å². The highest BCUT2D eigenvalue weighted by Crippen LogP contribution is 2.32. The molecule has 1 saturated carbocycles. The molecule has 0 saturated heterocycles. The predicted molar refractivity (Wildman–Crippen MR) is 71.7 cm³/mol. The molecule has 0 aliphatic heterocycles. The second-order valence-electron chi connectivity index (χ2n) is 5.27. The lowest BCUT2D eigenvalue weighted by Gasteiger charge is -2.37. The molecule has 1 heterocycles. The van der Waals surface area contributed by atoms with E-state index in [9.17, 15) is 5.26 Å². The Hall–Kier alpha value is -0.850. The van der Waals surface area contributed by atoms with E-state index in [1.165, 1.54) is 18.4 Å². The first-order valence-electron chi connectivity index (χ1n) is 6.31. The summed E-state index contributed by atoms with van der Waals surface area (Å²) in [5.74, 6) is 0.976. The second kappa shape index (κ2) is 5.66. The molecule has 1 aliphatic carbocycles. The molecule has 0 radical (unpaired) electrons. The molecule has 0 bridgehead atoms. The zero-order valence-electron chi connectivity index (χ0n) is 10.6. The van der Waals surface area contributed by atoms with Gasteiger partial charge in [-0.15, -0.1) is 0 Å². The van der Waals surface area contributed by atoms with Crippen molar-refractivity contribution in [2.24, 2.45) is 11.8 Å². The van der Waals surface area contributed by atoms with Gasteiger partial charge in [-0.2, -0.15) is 16.6 Å². The molecule has 3 heteroatoms. The van der Waals surface area contributed by atoms with Crippen molar-refractivity contribution in [3.05, 3.63) is 22.4 Å². The summed E-state index contributed by atoms with van der Waals surface area (Å²) >= 11 is 1.74. The van der Waals surface area contributed by atoms with E-state index in [4.69, 9.17) is 0 Å². The molecule has 17 heavy (non-hydrogen) atoms. The maximum absolute atomic E-state index is 9.25. The van der Waals surface area contributed by atoms with Crippen LogP contribution in [0.2, 0.25) is 0 Å². The molecule has 3 atom stereocenters. The number of nitrogens with zero attached hydrogens (tertiary/aromatic N) is 2. The van der Waals surface area contributed by atoms with Crippen molar-refractivity contribution in [1.82, 2.24) is 4.90 Å². The smallest absolute Gasteiger partial charge is 0.0672 e. The lowest BCUT2D eigenvalue weighted by Crippen LogP contribution is -2.41. The Morgan fingerprint density at radius 1 is 1.53 bits per heavy atom. The van der Waals surface area contributed by atoms with Gasteiger partial charge in [-0.25, -0.2) is 0 Å². The van der Waals surface area contributed by atoms with E-state index in [0.29, 0.717) is 6.04 Å². The highest BCUT2D eigenvalue weighted by Gasteiger charge is 2.31. The average molecular weight is 248 g/mol. The zero-order valence-corrected chi connectivity index (χ0v) is 11.4. The average Bonchev–Trinajstić information content (AvgIpc) is 2.81. The summed E-state index contributed by atoms with van der Waals surface area (Å²) in [6.45, 7) is 3.28. The van der Waals surface area contributed by atoms with Gasteiger partial charge in [0.15, 0.2) is 0 Å². The van der Waals surface area contributed by atoms with Gasteiger partial charge in [-0.3, -0.25) is 4.90 Å². The van der Waals surface area contributed by atoms with Gasteiger partial charge in [0.05, 0.1) is 12.0 Å². The summed E-state index contributed by atoms with van der Waals surface area (Å²) in [6, 6.07) is 5.11. The van der Waals surface area contributed by atoms with Crippen LogP contribution in [-0.2, 0) is 6.54 Å². The second-order valence-corrected chi connectivity index (χ2v) is 6.05. The highest BCUT2D eigenvalue weighted by molar-refractivity contribution is 7.07. The van der Waals surface area contributed by atoms with E-state index in [2.05, 4.69) is 41.8 Å². The Labute approximate surface area is 108 Å². The van der Waals surface area contributed by atoms with E-state index in [0.717, 1.165) is 18.9 Å². The van der Waals surface area contributed by atoms with Crippen molar-refractivity contribution in [3.63, 3.8) is 0 Å². The maximum atomic E-state index is 9.25. The van der Waals surface area contributed by atoms with Gasteiger partial charge in [-0.05, 0) is 54.6 Å².